The highest BCUT2D eigenvalue weighted by molar-refractivity contribution is 6.24. The van der Waals surface area contributed by atoms with Crippen LogP contribution in [0.3, 0.4) is 0 Å². The van der Waals surface area contributed by atoms with Crippen molar-refractivity contribution in [1.29, 1.82) is 0 Å². The monoisotopic (exact) mass is 521 g/mol. The molecule has 0 saturated heterocycles. The van der Waals surface area contributed by atoms with E-state index in [2.05, 4.69) is 109 Å². The highest BCUT2D eigenvalue weighted by Gasteiger charge is 2.15. The van der Waals surface area contributed by atoms with E-state index < -0.39 is 0 Å². The molecule has 0 saturated carbocycles. The van der Waals surface area contributed by atoms with Crippen molar-refractivity contribution in [3.05, 3.63) is 140 Å². The molecular formula is C39H23NO. The summed E-state index contributed by atoms with van der Waals surface area (Å²) in [6.07, 6.45) is 0. The number of hydrogen-bond acceptors (Lipinski definition) is 2. The lowest BCUT2D eigenvalue weighted by molar-refractivity contribution is 0.623. The van der Waals surface area contributed by atoms with Crippen LogP contribution >= 0.6 is 0 Å². The fourth-order valence-electron chi connectivity index (χ4n) is 6.52. The molecule has 190 valence electrons. The third kappa shape index (κ3) is 3.34. The Hall–Kier alpha value is -5.47. The fraction of sp³-hybridized carbons (Fsp3) is 0. The van der Waals surface area contributed by atoms with Crippen molar-refractivity contribution in [3.8, 4) is 22.6 Å². The molecule has 0 amide bonds. The van der Waals surface area contributed by atoms with Gasteiger partial charge in [-0.05, 0) is 89.9 Å². The predicted octanol–water partition coefficient (Wildman–Crippen LogP) is 10.9. The molecule has 41 heavy (non-hydrogen) atoms. The van der Waals surface area contributed by atoms with E-state index in [1.165, 1.54) is 54.2 Å². The van der Waals surface area contributed by atoms with Gasteiger partial charge in [-0.2, -0.15) is 0 Å². The molecular weight excluding hydrogens is 498 g/mol. The molecule has 0 aliphatic heterocycles. The van der Waals surface area contributed by atoms with Gasteiger partial charge in [0.1, 0.15) is 5.52 Å². The summed E-state index contributed by atoms with van der Waals surface area (Å²) >= 11 is 0. The van der Waals surface area contributed by atoms with E-state index in [0.717, 1.165) is 27.4 Å². The second kappa shape index (κ2) is 8.51. The van der Waals surface area contributed by atoms with Crippen LogP contribution in [0.5, 0.6) is 0 Å². The van der Waals surface area contributed by atoms with Crippen molar-refractivity contribution >= 4 is 65.0 Å². The highest BCUT2D eigenvalue weighted by Crippen LogP contribution is 2.40. The molecule has 0 aliphatic carbocycles. The maximum Gasteiger partial charge on any atom is 0.227 e. The van der Waals surface area contributed by atoms with Crippen LogP contribution in [-0.2, 0) is 0 Å². The molecule has 9 aromatic rings. The quantitative estimate of drug-likeness (QED) is 0.211. The van der Waals surface area contributed by atoms with E-state index in [0.29, 0.717) is 5.89 Å². The van der Waals surface area contributed by atoms with E-state index in [1.807, 2.05) is 30.3 Å². The Balaban J connectivity index is 1.29. The summed E-state index contributed by atoms with van der Waals surface area (Å²) in [5.41, 5.74) is 5.14. The summed E-state index contributed by atoms with van der Waals surface area (Å²) < 4.78 is 6.42. The standard InChI is InChI=1S/C39H23NO/c1-2-9-26(10-3-1)39-40-35-21-19-25-15-16-27-22-28(18-20-31(27)37(25)38(35)41-39)34-23-29-17-14-24-8-4-5-11-30(24)36(29)33-13-7-6-12-32(33)34/h1-23H. The first-order valence-electron chi connectivity index (χ1n) is 14.0. The number of hydrogen-bond donors (Lipinski definition) is 0. The van der Waals surface area contributed by atoms with Crippen LogP contribution in [-0.4, -0.2) is 4.98 Å². The van der Waals surface area contributed by atoms with Crippen LogP contribution in [0.1, 0.15) is 0 Å². The van der Waals surface area contributed by atoms with E-state index in [-0.39, 0.29) is 0 Å². The number of nitrogens with zero attached hydrogens (tertiary/aromatic N) is 1. The van der Waals surface area contributed by atoms with Gasteiger partial charge in [0, 0.05) is 10.9 Å². The van der Waals surface area contributed by atoms with Gasteiger partial charge in [-0.3, -0.25) is 0 Å². The Bertz CT molecular complexity index is 2470. The average Bonchev–Trinajstić information content (AvgIpc) is 3.49. The maximum atomic E-state index is 6.42. The maximum absolute atomic E-state index is 6.42. The van der Waals surface area contributed by atoms with Crippen molar-refractivity contribution in [2.24, 2.45) is 0 Å². The molecule has 0 radical (unpaired) electrons. The van der Waals surface area contributed by atoms with Crippen LogP contribution < -0.4 is 0 Å². The molecule has 2 heteroatoms. The SMILES string of the molecule is c1ccc(-c2nc3ccc4ccc5cc(-c6cc7ccc8ccccc8c7c7ccccc67)ccc5c4c3o2)cc1. The largest absolute Gasteiger partial charge is 0.435 e. The lowest BCUT2D eigenvalue weighted by atomic mass is 9.89. The topological polar surface area (TPSA) is 26.0 Å². The van der Waals surface area contributed by atoms with Crippen molar-refractivity contribution in [1.82, 2.24) is 4.98 Å². The zero-order valence-corrected chi connectivity index (χ0v) is 22.1. The second-order valence-electron chi connectivity index (χ2n) is 10.8. The summed E-state index contributed by atoms with van der Waals surface area (Å²) in [6.45, 7) is 0. The molecule has 1 aromatic heterocycles. The normalized spacial score (nSPS) is 11.9. The average molecular weight is 522 g/mol. The van der Waals surface area contributed by atoms with Crippen molar-refractivity contribution in [3.63, 3.8) is 0 Å². The molecule has 0 bridgehead atoms. The van der Waals surface area contributed by atoms with Crippen LogP contribution in [0, 0.1) is 0 Å². The Morgan fingerprint density at radius 3 is 2.00 bits per heavy atom. The molecule has 8 aromatic carbocycles. The van der Waals surface area contributed by atoms with E-state index in [1.54, 1.807) is 0 Å². The first-order chi connectivity index (χ1) is 20.3. The molecule has 0 fully saturated rings. The van der Waals surface area contributed by atoms with Crippen LogP contribution in [0.15, 0.2) is 144 Å². The minimum absolute atomic E-state index is 0.650. The summed E-state index contributed by atoms with van der Waals surface area (Å²) in [7, 11) is 0. The van der Waals surface area contributed by atoms with Crippen molar-refractivity contribution in [2.45, 2.75) is 0 Å². The van der Waals surface area contributed by atoms with Gasteiger partial charge in [-0.1, -0.05) is 109 Å². The number of rotatable bonds is 2. The van der Waals surface area contributed by atoms with Crippen LogP contribution in [0.2, 0.25) is 0 Å². The molecule has 1 heterocycles. The molecule has 0 N–H and O–H groups in total. The molecule has 9 rings (SSSR count). The number of fused-ring (bicyclic) bond motifs is 10. The molecule has 0 unspecified atom stereocenters. The Morgan fingerprint density at radius 2 is 1.10 bits per heavy atom. The molecule has 0 spiro atoms. The number of oxazole rings is 1. The summed E-state index contributed by atoms with van der Waals surface area (Å²) in [5, 5.41) is 12.3. The summed E-state index contributed by atoms with van der Waals surface area (Å²) in [5.74, 6) is 0.650. The molecule has 0 atom stereocenters. The van der Waals surface area contributed by atoms with Crippen molar-refractivity contribution < 1.29 is 4.42 Å². The van der Waals surface area contributed by atoms with E-state index in [9.17, 15) is 0 Å². The zero-order valence-electron chi connectivity index (χ0n) is 22.1. The first kappa shape index (κ1) is 22.4. The van der Waals surface area contributed by atoms with Gasteiger partial charge in [0.2, 0.25) is 5.89 Å². The third-order valence-electron chi connectivity index (χ3n) is 8.43. The number of aromatic nitrogens is 1. The Kier molecular flexibility index (Phi) is 4.64. The molecule has 0 aliphatic rings. The lowest BCUT2D eigenvalue weighted by Crippen LogP contribution is -1.87. The first-order valence-corrected chi connectivity index (χ1v) is 14.0. The minimum Gasteiger partial charge on any atom is -0.435 e. The van der Waals surface area contributed by atoms with Gasteiger partial charge in [0.25, 0.3) is 0 Å². The van der Waals surface area contributed by atoms with E-state index in [4.69, 9.17) is 9.40 Å². The van der Waals surface area contributed by atoms with Crippen LogP contribution in [0.4, 0.5) is 0 Å². The highest BCUT2D eigenvalue weighted by atomic mass is 16.3. The zero-order chi connectivity index (χ0) is 26.9. The Morgan fingerprint density at radius 1 is 0.415 bits per heavy atom. The van der Waals surface area contributed by atoms with Gasteiger partial charge in [0.15, 0.2) is 5.58 Å². The third-order valence-corrected chi connectivity index (χ3v) is 8.43. The second-order valence-corrected chi connectivity index (χ2v) is 10.8. The minimum atomic E-state index is 0.650. The predicted molar refractivity (Wildman–Crippen MR) is 172 cm³/mol. The van der Waals surface area contributed by atoms with Gasteiger partial charge in [0.05, 0.1) is 0 Å². The van der Waals surface area contributed by atoms with E-state index >= 15 is 0 Å². The Labute approximate surface area is 236 Å². The van der Waals surface area contributed by atoms with Gasteiger partial charge >= 0.3 is 0 Å². The molecule has 2 nitrogen and oxygen atoms in total. The summed E-state index contributed by atoms with van der Waals surface area (Å²) in [4.78, 5) is 4.82. The smallest absolute Gasteiger partial charge is 0.227 e. The van der Waals surface area contributed by atoms with Crippen LogP contribution in [0.25, 0.3) is 87.5 Å². The lowest BCUT2D eigenvalue weighted by Gasteiger charge is -2.14. The van der Waals surface area contributed by atoms with Crippen molar-refractivity contribution in [2.75, 3.05) is 0 Å². The fourth-order valence-corrected chi connectivity index (χ4v) is 6.52. The van der Waals surface area contributed by atoms with Gasteiger partial charge < -0.3 is 4.42 Å². The summed E-state index contributed by atoms with van der Waals surface area (Å²) in [6, 6.07) is 49.8. The van der Waals surface area contributed by atoms with Gasteiger partial charge in [-0.15, -0.1) is 0 Å². The number of benzene rings is 8. The van der Waals surface area contributed by atoms with Gasteiger partial charge in [-0.25, -0.2) is 4.98 Å².